The zero-order valence-electron chi connectivity index (χ0n) is 17.8. The number of hydrogen-bond donors (Lipinski definition) is 4. The number of alkyl carbamates (subject to hydrolysis) is 1. The third-order valence-corrected chi connectivity index (χ3v) is 5.11. The Bertz CT molecular complexity index is 1060. The fraction of sp³-hybridized carbons (Fsp3) is 0.292. The quantitative estimate of drug-likeness (QED) is 0.388. The third-order valence-electron chi connectivity index (χ3n) is 5.11. The van der Waals surface area contributed by atoms with E-state index in [-0.39, 0.29) is 13.0 Å². The fourth-order valence-electron chi connectivity index (χ4n) is 3.46. The third kappa shape index (κ3) is 6.10. The smallest absolute Gasteiger partial charge is 0.408 e. The van der Waals surface area contributed by atoms with Gasteiger partial charge in [0.15, 0.2) is 0 Å². The first-order chi connectivity index (χ1) is 15.5. The molecule has 0 bridgehead atoms. The van der Waals surface area contributed by atoms with Crippen molar-refractivity contribution in [3.8, 4) is 0 Å². The Morgan fingerprint density at radius 1 is 1.00 bits per heavy atom. The Morgan fingerprint density at radius 2 is 1.72 bits per heavy atom. The average Bonchev–Trinajstić information content (AvgIpc) is 3.20. The second kappa shape index (κ2) is 11.0. The molecule has 0 fully saturated rings. The molecular weight excluding hydrogens is 410 g/mol. The van der Waals surface area contributed by atoms with E-state index in [0.29, 0.717) is 12.8 Å². The van der Waals surface area contributed by atoms with Crippen LogP contribution >= 0.6 is 0 Å². The molecule has 1 heterocycles. The monoisotopic (exact) mass is 437 g/mol. The maximum absolute atomic E-state index is 12.8. The SMILES string of the molecule is CCC[C@@H](NC(=O)OCc1ccccc1)C(=O)N[C@@H](Cc1c[nH]c2ccccc12)C(=O)O. The summed E-state index contributed by atoms with van der Waals surface area (Å²) in [4.78, 5) is 39.9. The second-order valence-corrected chi connectivity index (χ2v) is 7.51. The molecule has 2 aromatic carbocycles. The molecule has 0 saturated carbocycles. The van der Waals surface area contributed by atoms with Crippen molar-refractivity contribution in [3.63, 3.8) is 0 Å². The number of amides is 2. The lowest BCUT2D eigenvalue weighted by atomic mass is 10.0. The van der Waals surface area contributed by atoms with Crippen LogP contribution in [0.3, 0.4) is 0 Å². The minimum atomic E-state index is -1.15. The molecule has 4 N–H and O–H groups in total. The van der Waals surface area contributed by atoms with E-state index in [4.69, 9.17) is 4.74 Å². The number of carboxylic acid groups (broad SMARTS) is 1. The van der Waals surface area contributed by atoms with Crippen LogP contribution in [0.25, 0.3) is 10.9 Å². The van der Waals surface area contributed by atoms with Crippen LogP contribution in [0.4, 0.5) is 4.79 Å². The van der Waals surface area contributed by atoms with Gasteiger partial charge in [0.2, 0.25) is 5.91 Å². The molecule has 0 unspecified atom stereocenters. The molecule has 0 aliphatic carbocycles. The molecule has 8 heteroatoms. The maximum atomic E-state index is 12.8. The predicted molar refractivity (Wildman–Crippen MR) is 120 cm³/mol. The maximum Gasteiger partial charge on any atom is 0.408 e. The molecule has 168 valence electrons. The molecule has 0 aliphatic heterocycles. The Morgan fingerprint density at radius 3 is 2.44 bits per heavy atom. The van der Waals surface area contributed by atoms with Crippen molar-refractivity contribution in [1.82, 2.24) is 15.6 Å². The van der Waals surface area contributed by atoms with Crippen LogP contribution in [-0.2, 0) is 27.4 Å². The summed E-state index contributed by atoms with van der Waals surface area (Å²) in [6.07, 6.45) is 2.10. The molecule has 0 aliphatic rings. The molecule has 3 aromatic rings. The number of para-hydroxylation sites is 1. The summed E-state index contributed by atoms with van der Waals surface area (Å²) in [5, 5.41) is 15.7. The lowest BCUT2D eigenvalue weighted by molar-refractivity contribution is -0.142. The molecule has 0 radical (unpaired) electrons. The van der Waals surface area contributed by atoms with Crippen LogP contribution in [0.2, 0.25) is 0 Å². The van der Waals surface area contributed by atoms with E-state index >= 15 is 0 Å². The molecular formula is C24H27N3O5. The zero-order valence-corrected chi connectivity index (χ0v) is 17.8. The van der Waals surface area contributed by atoms with Gasteiger partial charge in [-0.3, -0.25) is 4.79 Å². The minimum absolute atomic E-state index is 0.0749. The molecule has 8 nitrogen and oxygen atoms in total. The lowest BCUT2D eigenvalue weighted by Crippen LogP contribution is -2.52. The number of aromatic amines is 1. The lowest BCUT2D eigenvalue weighted by Gasteiger charge is -2.21. The highest BCUT2D eigenvalue weighted by Crippen LogP contribution is 2.19. The predicted octanol–water partition coefficient (Wildman–Crippen LogP) is 3.37. The van der Waals surface area contributed by atoms with Gasteiger partial charge in [0.25, 0.3) is 0 Å². The van der Waals surface area contributed by atoms with E-state index in [9.17, 15) is 19.5 Å². The first-order valence-electron chi connectivity index (χ1n) is 10.5. The van der Waals surface area contributed by atoms with Gasteiger partial charge in [-0.25, -0.2) is 9.59 Å². The van der Waals surface area contributed by atoms with Crippen molar-refractivity contribution in [2.24, 2.45) is 0 Å². The number of aliphatic carboxylic acids is 1. The second-order valence-electron chi connectivity index (χ2n) is 7.51. The van der Waals surface area contributed by atoms with Gasteiger partial charge in [-0.15, -0.1) is 0 Å². The van der Waals surface area contributed by atoms with Crippen molar-refractivity contribution in [2.75, 3.05) is 0 Å². The van der Waals surface area contributed by atoms with Gasteiger partial charge in [0, 0.05) is 23.5 Å². The summed E-state index contributed by atoms with van der Waals surface area (Å²) in [6, 6.07) is 14.7. The highest BCUT2D eigenvalue weighted by atomic mass is 16.5. The number of ether oxygens (including phenoxy) is 1. The summed E-state index contributed by atoms with van der Waals surface area (Å²) >= 11 is 0. The number of carboxylic acids is 1. The Balaban J connectivity index is 1.62. The molecule has 32 heavy (non-hydrogen) atoms. The van der Waals surface area contributed by atoms with E-state index < -0.39 is 30.1 Å². The number of hydrogen-bond acceptors (Lipinski definition) is 4. The van der Waals surface area contributed by atoms with Crippen molar-refractivity contribution in [3.05, 3.63) is 71.9 Å². The number of benzene rings is 2. The molecule has 2 amide bonds. The Hall–Kier alpha value is -3.81. The summed E-state index contributed by atoms with van der Waals surface area (Å²) in [6.45, 7) is 1.95. The van der Waals surface area contributed by atoms with Gasteiger partial charge >= 0.3 is 12.1 Å². The first kappa shape index (κ1) is 22.9. The summed E-state index contributed by atoms with van der Waals surface area (Å²) in [7, 11) is 0. The Labute approximate surface area is 186 Å². The zero-order chi connectivity index (χ0) is 22.9. The molecule has 3 rings (SSSR count). The van der Waals surface area contributed by atoms with E-state index in [1.165, 1.54) is 0 Å². The average molecular weight is 437 g/mol. The number of nitrogens with one attached hydrogen (secondary N) is 3. The number of carbonyl (C=O) groups is 3. The van der Waals surface area contributed by atoms with E-state index in [0.717, 1.165) is 22.0 Å². The molecule has 1 aromatic heterocycles. The van der Waals surface area contributed by atoms with Crippen LogP contribution in [0.15, 0.2) is 60.8 Å². The summed E-state index contributed by atoms with van der Waals surface area (Å²) in [5.41, 5.74) is 2.50. The number of rotatable bonds is 10. The molecule has 0 spiro atoms. The number of carbonyl (C=O) groups excluding carboxylic acids is 2. The Kier molecular flexibility index (Phi) is 7.85. The van der Waals surface area contributed by atoms with E-state index in [2.05, 4.69) is 15.6 Å². The van der Waals surface area contributed by atoms with Gasteiger partial charge in [-0.05, 0) is 23.6 Å². The summed E-state index contributed by atoms with van der Waals surface area (Å²) in [5.74, 6) is -1.71. The number of aromatic nitrogens is 1. The standard InChI is InChI=1S/C24H27N3O5/c1-2-8-20(27-24(31)32-15-16-9-4-3-5-10-16)22(28)26-21(23(29)30)13-17-14-25-19-12-7-6-11-18(17)19/h3-7,9-12,14,20-21,25H,2,8,13,15H2,1H3,(H,26,28)(H,27,31)(H,29,30)/t20-,21+/m1/s1. The van der Waals surface area contributed by atoms with Crippen LogP contribution in [0.1, 0.15) is 30.9 Å². The van der Waals surface area contributed by atoms with Gasteiger partial charge < -0.3 is 25.5 Å². The van der Waals surface area contributed by atoms with Crippen molar-refractivity contribution >= 4 is 28.9 Å². The first-order valence-corrected chi connectivity index (χ1v) is 10.5. The van der Waals surface area contributed by atoms with Crippen molar-refractivity contribution in [1.29, 1.82) is 0 Å². The van der Waals surface area contributed by atoms with Crippen LogP contribution < -0.4 is 10.6 Å². The van der Waals surface area contributed by atoms with E-state index in [1.54, 1.807) is 6.20 Å². The molecule has 0 saturated heterocycles. The van der Waals surface area contributed by atoms with Crippen LogP contribution in [-0.4, -0.2) is 40.1 Å². The summed E-state index contributed by atoms with van der Waals surface area (Å²) < 4.78 is 5.19. The van der Waals surface area contributed by atoms with E-state index in [1.807, 2.05) is 61.5 Å². The van der Waals surface area contributed by atoms with Crippen molar-refractivity contribution < 1.29 is 24.2 Å². The van der Waals surface area contributed by atoms with Crippen LogP contribution in [0, 0.1) is 0 Å². The number of H-pyrrole nitrogens is 1. The van der Waals surface area contributed by atoms with Gasteiger partial charge in [0.1, 0.15) is 18.7 Å². The van der Waals surface area contributed by atoms with Gasteiger partial charge in [-0.1, -0.05) is 61.9 Å². The van der Waals surface area contributed by atoms with Crippen molar-refractivity contribution in [2.45, 2.75) is 44.9 Å². The minimum Gasteiger partial charge on any atom is -0.480 e. The topological polar surface area (TPSA) is 121 Å². The normalized spacial score (nSPS) is 12.7. The molecule has 2 atom stereocenters. The highest BCUT2D eigenvalue weighted by Gasteiger charge is 2.27. The van der Waals surface area contributed by atoms with Crippen LogP contribution in [0.5, 0.6) is 0 Å². The largest absolute Gasteiger partial charge is 0.480 e. The van der Waals surface area contributed by atoms with Gasteiger partial charge in [0.05, 0.1) is 0 Å². The highest BCUT2D eigenvalue weighted by molar-refractivity contribution is 5.90. The fourth-order valence-corrected chi connectivity index (χ4v) is 3.46. The number of fused-ring (bicyclic) bond motifs is 1. The van der Waals surface area contributed by atoms with Gasteiger partial charge in [-0.2, -0.15) is 0 Å².